The van der Waals surface area contributed by atoms with Crippen LogP contribution in [0.4, 0.5) is 5.69 Å². The SMILES string of the molecule is Nc1cc(Br)cc(C(=O)N2CCCS(=O)(=O)CC2)c1. The molecular weight excluding hydrogens is 332 g/mol. The molecule has 5 nitrogen and oxygen atoms in total. The van der Waals surface area contributed by atoms with Crippen LogP contribution < -0.4 is 5.73 Å². The van der Waals surface area contributed by atoms with Crippen LogP contribution in [0.15, 0.2) is 22.7 Å². The molecule has 0 saturated carbocycles. The van der Waals surface area contributed by atoms with Crippen molar-refractivity contribution in [3.63, 3.8) is 0 Å². The first-order valence-corrected chi connectivity index (χ1v) is 8.54. The minimum absolute atomic E-state index is 0.0300. The molecule has 1 saturated heterocycles. The van der Waals surface area contributed by atoms with Crippen LogP contribution in [0.1, 0.15) is 16.8 Å². The molecule has 1 aromatic carbocycles. The van der Waals surface area contributed by atoms with Gasteiger partial charge in [-0.25, -0.2) is 8.42 Å². The first-order chi connectivity index (χ1) is 8.87. The van der Waals surface area contributed by atoms with Crippen molar-refractivity contribution in [2.45, 2.75) is 6.42 Å². The van der Waals surface area contributed by atoms with Gasteiger partial charge in [0.25, 0.3) is 5.91 Å². The molecule has 1 aromatic rings. The highest BCUT2D eigenvalue weighted by Crippen LogP contribution is 2.19. The number of sulfone groups is 1. The Morgan fingerprint density at radius 2 is 1.95 bits per heavy atom. The van der Waals surface area contributed by atoms with Crippen LogP contribution in [-0.2, 0) is 9.84 Å². The van der Waals surface area contributed by atoms with E-state index < -0.39 is 9.84 Å². The summed E-state index contributed by atoms with van der Waals surface area (Å²) in [5.41, 5.74) is 6.68. The maximum Gasteiger partial charge on any atom is 0.253 e. The summed E-state index contributed by atoms with van der Waals surface area (Å²) in [6.07, 6.45) is 0.484. The standard InChI is InChI=1S/C12H15BrN2O3S/c13-10-6-9(7-11(14)8-10)12(16)15-2-1-4-19(17,18)5-3-15/h6-8H,1-5,14H2. The van der Waals surface area contributed by atoms with Crippen LogP contribution in [0.3, 0.4) is 0 Å². The number of benzene rings is 1. The molecule has 0 atom stereocenters. The summed E-state index contributed by atoms with van der Waals surface area (Å²) in [7, 11) is -3.01. The van der Waals surface area contributed by atoms with Crippen LogP contribution in [0.5, 0.6) is 0 Å². The van der Waals surface area contributed by atoms with Crippen molar-refractivity contribution in [1.29, 1.82) is 0 Å². The molecule has 1 heterocycles. The van der Waals surface area contributed by atoms with E-state index in [4.69, 9.17) is 5.73 Å². The Hall–Kier alpha value is -1.08. The number of hydrogen-bond donors (Lipinski definition) is 1. The minimum atomic E-state index is -3.01. The van der Waals surface area contributed by atoms with E-state index in [0.29, 0.717) is 24.2 Å². The Morgan fingerprint density at radius 3 is 2.63 bits per heavy atom. The first-order valence-electron chi connectivity index (χ1n) is 5.93. The molecule has 1 aliphatic heterocycles. The molecule has 0 aromatic heterocycles. The van der Waals surface area contributed by atoms with Crippen molar-refractivity contribution < 1.29 is 13.2 Å². The Balaban J connectivity index is 2.19. The number of carbonyl (C=O) groups excluding carboxylic acids is 1. The molecule has 0 unspecified atom stereocenters. The maximum absolute atomic E-state index is 12.3. The quantitative estimate of drug-likeness (QED) is 0.777. The number of halogens is 1. The summed E-state index contributed by atoms with van der Waals surface area (Å²) < 4.78 is 23.8. The molecular formula is C12H15BrN2O3S. The molecule has 2 rings (SSSR count). The molecule has 104 valence electrons. The second-order valence-electron chi connectivity index (χ2n) is 4.57. The third-order valence-electron chi connectivity index (χ3n) is 3.01. The summed E-state index contributed by atoms with van der Waals surface area (Å²) in [4.78, 5) is 13.9. The second kappa shape index (κ2) is 5.50. The highest BCUT2D eigenvalue weighted by atomic mass is 79.9. The summed E-state index contributed by atoms with van der Waals surface area (Å²) in [6.45, 7) is 0.706. The van der Waals surface area contributed by atoms with E-state index in [9.17, 15) is 13.2 Å². The highest BCUT2D eigenvalue weighted by Gasteiger charge is 2.23. The lowest BCUT2D eigenvalue weighted by molar-refractivity contribution is 0.0768. The fourth-order valence-corrected chi connectivity index (χ4v) is 3.84. The predicted molar refractivity (Wildman–Crippen MR) is 77.7 cm³/mol. The molecule has 0 aliphatic carbocycles. The largest absolute Gasteiger partial charge is 0.399 e. The van der Waals surface area contributed by atoms with Crippen molar-refractivity contribution in [3.05, 3.63) is 28.2 Å². The van der Waals surface area contributed by atoms with Gasteiger partial charge in [-0.05, 0) is 24.6 Å². The average molecular weight is 347 g/mol. The fraction of sp³-hybridized carbons (Fsp3) is 0.417. The summed E-state index contributed by atoms with van der Waals surface area (Å²) in [6, 6.07) is 5.01. The number of hydrogen-bond acceptors (Lipinski definition) is 4. The summed E-state index contributed by atoms with van der Waals surface area (Å²) in [5, 5.41) is 0. The third kappa shape index (κ3) is 3.70. The van der Waals surface area contributed by atoms with Crippen LogP contribution in [0.2, 0.25) is 0 Å². The molecule has 0 radical (unpaired) electrons. The number of carbonyl (C=O) groups is 1. The van der Waals surface area contributed by atoms with E-state index in [2.05, 4.69) is 15.9 Å². The van der Waals surface area contributed by atoms with Crippen molar-refractivity contribution in [3.8, 4) is 0 Å². The van der Waals surface area contributed by atoms with Gasteiger partial charge in [0.1, 0.15) is 0 Å². The molecule has 2 N–H and O–H groups in total. The maximum atomic E-state index is 12.3. The molecule has 19 heavy (non-hydrogen) atoms. The topological polar surface area (TPSA) is 80.5 Å². The molecule has 1 aliphatic rings. The fourth-order valence-electron chi connectivity index (χ4n) is 2.06. The normalized spacial score (nSPS) is 18.9. The van der Waals surface area contributed by atoms with Crippen LogP contribution >= 0.6 is 15.9 Å². The Labute approximate surface area is 120 Å². The monoisotopic (exact) mass is 346 g/mol. The van der Waals surface area contributed by atoms with Gasteiger partial charge in [-0.15, -0.1) is 0 Å². The molecule has 7 heteroatoms. The van der Waals surface area contributed by atoms with Gasteiger partial charge >= 0.3 is 0 Å². The highest BCUT2D eigenvalue weighted by molar-refractivity contribution is 9.10. The lowest BCUT2D eigenvalue weighted by atomic mass is 10.1. The van der Waals surface area contributed by atoms with Gasteiger partial charge in [0.05, 0.1) is 11.5 Å². The number of nitrogens with zero attached hydrogens (tertiary/aromatic N) is 1. The zero-order valence-corrected chi connectivity index (χ0v) is 12.7. The summed E-state index contributed by atoms with van der Waals surface area (Å²) in [5.74, 6) is 0.00435. The number of anilines is 1. The smallest absolute Gasteiger partial charge is 0.253 e. The number of amides is 1. The Morgan fingerprint density at radius 1 is 1.21 bits per heavy atom. The van der Waals surface area contributed by atoms with E-state index in [0.717, 1.165) is 4.47 Å². The summed E-state index contributed by atoms with van der Waals surface area (Å²) >= 11 is 3.29. The van der Waals surface area contributed by atoms with Gasteiger partial charge < -0.3 is 10.6 Å². The molecule has 1 amide bonds. The zero-order valence-electron chi connectivity index (χ0n) is 10.3. The number of rotatable bonds is 1. The van der Waals surface area contributed by atoms with Gasteiger partial charge in [0, 0.05) is 28.8 Å². The molecule has 1 fully saturated rings. The van der Waals surface area contributed by atoms with Gasteiger partial charge in [-0.3, -0.25) is 4.79 Å². The van der Waals surface area contributed by atoms with Crippen LogP contribution in [0.25, 0.3) is 0 Å². The third-order valence-corrected chi connectivity index (χ3v) is 5.18. The van der Waals surface area contributed by atoms with Crippen LogP contribution in [0, 0.1) is 0 Å². The lowest BCUT2D eigenvalue weighted by Gasteiger charge is -2.20. The van der Waals surface area contributed by atoms with E-state index in [1.54, 1.807) is 23.1 Å². The number of nitrogen functional groups attached to an aromatic ring is 1. The predicted octanol–water partition coefficient (Wildman–Crippen LogP) is 1.29. The van der Waals surface area contributed by atoms with E-state index in [1.165, 1.54) is 0 Å². The van der Waals surface area contributed by atoms with E-state index >= 15 is 0 Å². The van der Waals surface area contributed by atoms with Crippen LogP contribution in [-0.4, -0.2) is 43.8 Å². The van der Waals surface area contributed by atoms with Gasteiger partial charge in [0.15, 0.2) is 9.84 Å². The van der Waals surface area contributed by atoms with Gasteiger partial charge in [0.2, 0.25) is 0 Å². The lowest BCUT2D eigenvalue weighted by Crippen LogP contribution is -2.33. The zero-order chi connectivity index (χ0) is 14.0. The Kier molecular flexibility index (Phi) is 4.15. The van der Waals surface area contributed by atoms with Gasteiger partial charge in [-0.2, -0.15) is 0 Å². The van der Waals surface area contributed by atoms with Crippen molar-refractivity contribution in [1.82, 2.24) is 4.90 Å². The average Bonchev–Trinajstić information content (AvgIpc) is 2.48. The minimum Gasteiger partial charge on any atom is -0.399 e. The Bertz CT molecular complexity index is 581. The van der Waals surface area contributed by atoms with E-state index in [-0.39, 0.29) is 24.0 Å². The van der Waals surface area contributed by atoms with Crippen molar-refractivity contribution in [2.24, 2.45) is 0 Å². The first kappa shape index (κ1) is 14.3. The van der Waals surface area contributed by atoms with Gasteiger partial charge in [-0.1, -0.05) is 15.9 Å². The van der Waals surface area contributed by atoms with Crippen molar-refractivity contribution >= 4 is 37.4 Å². The second-order valence-corrected chi connectivity index (χ2v) is 7.79. The molecule has 0 bridgehead atoms. The number of nitrogens with two attached hydrogens (primary N) is 1. The van der Waals surface area contributed by atoms with Crippen molar-refractivity contribution in [2.75, 3.05) is 30.3 Å². The van der Waals surface area contributed by atoms with E-state index in [1.807, 2.05) is 0 Å². The molecule has 0 spiro atoms.